The summed E-state index contributed by atoms with van der Waals surface area (Å²) < 4.78 is 4.69. The Morgan fingerprint density at radius 2 is 1.89 bits per heavy atom. The molecule has 0 aliphatic rings. The Kier molecular flexibility index (Phi) is 6.94. The first-order chi connectivity index (χ1) is 13.4. The molecule has 0 bridgehead atoms. The van der Waals surface area contributed by atoms with Gasteiger partial charge >= 0.3 is 5.97 Å². The highest BCUT2D eigenvalue weighted by molar-refractivity contribution is 6.07. The lowest BCUT2D eigenvalue weighted by atomic mass is 9.98. The maximum Gasteiger partial charge on any atom is 0.337 e. The molecule has 0 aliphatic heterocycles. The first-order valence-electron chi connectivity index (χ1n) is 8.83. The molecule has 28 heavy (non-hydrogen) atoms. The van der Waals surface area contributed by atoms with E-state index in [9.17, 15) is 14.9 Å². The molecule has 2 aromatic rings. The van der Waals surface area contributed by atoms with E-state index in [1.165, 1.54) is 13.3 Å². The second-order valence-electron chi connectivity index (χ2n) is 6.53. The number of benzene rings is 2. The van der Waals surface area contributed by atoms with Crippen LogP contribution in [0.25, 0.3) is 0 Å². The molecule has 0 aliphatic carbocycles. The van der Waals surface area contributed by atoms with Crippen LogP contribution in [0.15, 0.2) is 54.2 Å². The van der Waals surface area contributed by atoms with Crippen molar-refractivity contribution >= 4 is 23.3 Å². The van der Waals surface area contributed by atoms with Crippen molar-refractivity contribution in [1.29, 1.82) is 5.26 Å². The summed E-state index contributed by atoms with van der Waals surface area (Å²) in [6, 6.07) is 14.3. The van der Waals surface area contributed by atoms with Gasteiger partial charge in [-0.05, 0) is 42.2 Å². The number of anilines is 2. The number of nitrogens with one attached hydrogen (secondary N) is 2. The smallest absolute Gasteiger partial charge is 0.337 e. The van der Waals surface area contributed by atoms with Crippen LogP contribution in [0.2, 0.25) is 0 Å². The van der Waals surface area contributed by atoms with Crippen LogP contribution in [-0.4, -0.2) is 19.0 Å². The molecule has 0 unspecified atom stereocenters. The minimum atomic E-state index is -0.504. The number of aryl methyl sites for hydroxylation is 1. The van der Waals surface area contributed by atoms with Gasteiger partial charge in [-0.2, -0.15) is 5.26 Å². The maximum absolute atomic E-state index is 12.6. The average molecular weight is 377 g/mol. The van der Waals surface area contributed by atoms with Gasteiger partial charge in [0.1, 0.15) is 11.6 Å². The summed E-state index contributed by atoms with van der Waals surface area (Å²) in [7, 11) is 1.30. The monoisotopic (exact) mass is 377 g/mol. The SMILES string of the molecule is COC(=O)c1cccc(N/C=C(/C#N)C(=O)Nc2c(C)cccc2C(C)C)c1. The third kappa shape index (κ3) is 4.98. The quantitative estimate of drug-likeness (QED) is 0.443. The van der Waals surface area contributed by atoms with Gasteiger partial charge in [-0.15, -0.1) is 0 Å². The van der Waals surface area contributed by atoms with E-state index in [1.54, 1.807) is 24.3 Å². The number of rotatable bonds is 6. The number of hydrogen-bond acceptors (Lipinski definition) is 5. The molecular weight excluding hydrogens is 354 g/mol. The number of nitrogens with zero attached hydrogens (tertiary/aromatic N) is 1. The van der Waals surface area contributed by atoms with Crippen molar-refractivity contribution in [2.24, 2.45) is 0 Å². The fourth-order valence-corrected chi connectivity index (χ4v) is 2.68. The van der Waals surface area contributed by atoms with Crippen molar-refractivity contribution in [3.05, 3.63) is 70.9 Å². The highest BCUT2D eigenvalue weighted by Crippen LogP contribution is 2.27. The Labute approximate surface area is 164 Å². The van der Waals surface area contributed by atoms with Crippen molar-refractivity contribution in [3.63, 3.8) is 0 Å². The zero-order valence-electron chi connectivity index (χ0n) is 16.4. The molecule has 2 aromatic carbocycles. The standard InChI is InChI=1S/C22H23N3O3/c1-14(2)19-10-5-7-15(3)20(19)25-21(26)17(12-23)13-24-18-9-6-8-16(11-18)22(27)28-4/h5-11,13-14,24H,1-4H3,(H,25,26)/b17-13-. The van der Waals surface area contributed by atoms with Crippen molar-refractivity contribution in [1.82, 2.24) is 0 Å². The summed E-state index contributed by atoms with van der Waals surface area (Å²) in [6.45, 7) is 6.00. The van der Waals surface area contributed by atoms with E-state index in [-0.39, 0.29) is 11.5 Å². The predicted octanol–water partition coefficient (Wildman–Crippen LogP) is 4.36. The largest absolute Gasteiger partial charge is 0.465 e. The number of para-hydroxylation sites is 1. The van der Waals surface area contributed by atoms with Gasteiger partial charge in [0.15, 0.2) is 0 Å². The number of esters is 1. The zero-order valence-corrected chi connectivity index (χ0v) is 16.4. The first-order valence-corrected chi connectivity index (χ1v) is 8.83. The van der Waals surface area contributed by atoms with Crippen LogP contribution in [0.3, 0.4) is 0 Å². The first kappa shape index (κ1) is 20.7. The van der Waals surface area contributed by atoms with Gasteiger partial charge in [-0.25, -0.2) is 4.79 Å². The van der Waals surface area contributed by atoms with E-state index >= 15 is 0 Å². The third-order valence-electron chi connectivity index (χ3n) is 4.20. The molecule has 0 saturated carbocycles. The normalized spacial score (nSPS) is 10.9. The molecule has 144 valence electrons. The van der Waals surface area contributed by atoms with Crippen molar-refractivity contribution in [2.75, 3.05) is 17.7 Å². The van der Waals surface area contributed by atoms with Crippen molar-refractivity contribution in [3.8, 4) is 6.07 Å². The fraction of sp³-hybridized carbons (Fsp3) is 0.227. The number of amides is 1. The maximum atomic E-state index is 12.6. The molecule has 0 saturated heterocycles. The van der Waals surface area contributed by atoms with Crippen LogP contribution in [-0.2, 0) is 9.53 Å². The fourth-order valence-electron chi connectivity index (χ4n) is 2.68. The minimum Gasteiger partial charge on any atom is -0.465 e. The van der Waals surface area contributed by atoms with Gasteiger partial charge < -0.3 is 15.4 Å². The molecule has 0 aromatic heterocycles. The van der Waals surface area contributed by atoms with E-state index in [2.05, 4.69) is 15.4 Å². The Morgan fingerprint density at radius 1 is 1.18 bits per heavy atom. The molecule has 2 N–H and O–H groups in total. The van der Waals surface area contributed by atoms with Gasteiger partial charge in [-0.3, -0.25) is 4.79 Å². The van der Waals surface area contributed by atoms with Crippen LogP contribution in [0.4, 0.5) is 11.4 Å². The van der Waals surface area contributed by atoms with Crippen LogP contribution < -0.4 is 10.6 Å². The molecule has 6 heteroatoms. The predicted molar refractivity (Wildman–Crippen MR) is 109 cm³/mol. The second-order valence-corrected chi connectivity index (χ2v) is 6.53. The number of methoxy groups -OCH3 is 1. The highest BCUT2D eigenvalue weighted by Gasteiger charge is 2.15. The van der Waals surface area contributed by atoms with Gasteiger partial charge in [0.2, 0.25) is 0 Å². The second kappa shape index (κ2) is 9.38. The highest BCUT2D eigenvalue weighted by atomic mass is 16.5. The van der Waals surface area contributed by atoms with Crippen LogP contribution in [0, 0.1) is 18.3 Å². The Bertz CT molecular complexity index is 956. The molecule has 1 amide bonds. The molecule has 0 radical (unpaired) electrons. The van der Waals surface area contributed by atoms with Gasteiger partial charge in [0.05, 0.1) is 12.7 Å². The van der Waals surface area contributed by atoms with E-state index in [0.29, 0.717) is 11.3 Å². The van der Waals surface area contributed by atoms with Crippen LogP contribution in [0.5, 0.6) is 0 Å². The number of hydrogen-bond donors (Lipinski definition) is 2. The Morgan fingerprint density at radius 3 is 2.54 bits per heavy atom. The Balaban J connectivity index is 2.21. The third-order valence-corrected chi connectivity index (χ3v) is 4.20. The van der Waals surface area contributed by atoms with Crippen molar-refractivity contribution < 1.29 is 14.3 Å². The van der Waals surface area contributed by atoms with Crippen LogP contribution >= 0.6 is 0 Å². The number of carbonyl (C=O) groups excluding carboxylic acids is 2. The molecule has 6 nitrogen and oxygen atoms in total. The van der Waals surface area contributed by atoms with E-state index < -0.39 is 11.9 Å². The van der Waals surface area contributed by atoms with E-state index in [0.717, 1.165) is 16.8 Å². The lowest BCUT2D eigenvalue weighted by Gasteiger charge is -2.16. The van der Waals surface area contributed by atoms with E-state index in [4.69, 9.17) is 0 Å². The molecule has 2 rings (SSSR count). The summed E-state index contributed by atoms with van der Waals surface area (Å²) in [5, 5.41) is 15.1. The Hall–Kier alpha value is -3.59. The molecule has 0 fully saturated rings. The van der Waals surface area contributed by atoms with E-state index in [1.807, 2.05) is 45.0 Å². The lowest BCUT2D eigenvalue weighted by molar-refractivity contribution is -0.112. The molecule has 0 heterocycles. The summed E-state index contributed by atoms with van der Waals surface area (Å²) in [5.74, 6) is -0.745. The summed E-state index contributed by atoms with van der Waals surface area (Å²) in [4.78, 5) is 24.2. The molecule has 0 atom stereocenters. The van der Waals surface area contributed by atoms with Crippen LogP contribution in [0.1, 0.15) is 41.3 Å². The minimum absolute atomic E-state index is 0.0820. The van der Waals surface area contributed by atoms with Gasteiger partial charge in [0.25, 0.3) is 5.91 Å². The lowest BCUT2D eigenvalue weighted by Crippen LogP contribution is -2.17. The number of carbonyl (C=O) groups is 2. The summed E-state index contributed by atoms with van der Waals surface area (Å²) >= 11 is 0. The van der Waals surface area contributed by atoms with Crippen molar-refractivity contribution in [2.45, 2.75) is 26.7 Å². The topological polar surface area (TPSA) is 91.2 Å². The van der Waals surface area contributed by atoms with Gasteiger partial charge in [-0.1, -0.05) is 38.1 Å². The average Bonchev–Trinajstić information content (AvgIpc) is 2.69. The summed E-state index contributed by atoms with van der Waals surface area (Å²) in [5.41, 5.74) is 3.49. The number of nitriles is 1. The molecular formula is C22H23N3O3. The zero-order chi connectivity index (χ0) is 20.7. The van der Waals surface area contributed by atoms with Gasteiger partial charge in [0, 0.05) is 17.6 Å². The molecule has 0 spiro atoms. The number of ether oxygens (including phenoxy) is 1. The summed E-state index contributed by atoms with van der Waals surface area (Å²) in [6.07, 6.45) is 1.32.